The van der Waals surface area contributed by atoms with Gasteiger partial charge in [0.1, 0.15) is 0 Å². The van der Waals surface area contributed by atoms with Gasteiger partial charge in [-0.15, -0.1) is 0 Å². The molecule has 0 saturated carbocycles. The van der Waals surface area contributed by atoms with Crippen molar-refractivity contribution < 1.29 is 4.79 Å². The van der Waals surface area contributed by atoms with Gasteiger partial charge in [0.2, 0.25) is 0 Å². The average molecular weight is 319 g/mol. The van der Waals surface area contributed by atoms with Gasteiger partial charge >= 0.3 is 0 Å². The minimum Gasteiger partial charge on any atom is -0.399 e. The molecule has 2 aromatic carbocycles. The number of benzene rings is 2. The summed E-state index contributed by atoms with van der Waals surface area (Å²) in [6.07, 6.45) is 0. The maximum atomic E-state index is 12.1. The van der Waals surface area contributed by atoms with E-state index in [1.165, 1.54) is 0 Å². The van der Waals surface area contributed by atoms with Crippen molar-refractivity contribution in [2.45, 2.75) is 13.0 Å². The molecule has 0 saturated heterocycles. The number of rotatable bonds is 3. The van der Waals surface area contributed by atoms with Gasteiger partial charge in [-0.05, 0) is 42.8 Å². The van der Waals surface area contributed by atoms with Gasteiger partial charge in [-0.2, -0.15) is 0 Å². The topological polar surface area (TPSA) is 55.1 Å². The molecule has 0 radical (unpaired) electrons. The van der Waals surface area contributed by atoms with E-state index in [0.717, 1.165) is 10.0 Å². The summed E-state index contributed by atoms with van der Waals surface area (Å²) in [5.74, 6) is -0.122. The first-order chi connectivity index (χ1) is 9.06. The monoisotopic (exact) mass is 318 g/mol. The molecule has 98 valence electrons. The van der Waals surface area contributed by atoms with E-state index in [9.17, 15) is 4.79 Å². The number of halogens is 1. The zero-order chi connectivity index (χ0) is 13.8. The van der Waals surface area contributed by atoms with Crippen LogP contribution in [0.5, 0.6) is 0 Å². The lowest BCUT2D eigenvalue weighted by atomic mass is 10.1. The Kier molecular flexibility index (Phi) is 4.22. The van der Waals surface area contributed by atoms with E-state index in [1.807, 2.05) is 31.2 Å². The van der Waals surface area contributed by atoms with Crippen LogP contribution in [0.2, 0.25) is 0 Å². The van der Waals surface area contributed by atoms with Crippen LogP contribution in [-0.4, -0.2) is 5.91 Å². The number of hydrogen-bond acceptors (Lipinski definition) is 2. The van der Waals surface area contributed by atoms with Gasteiger partial charge in [0, 0.05) is 15.7 Å². The highest BCUT2D eigenvalue weighted by molar-refractivity contribution is 9.10. The van der Waals surface area contributed by atoms with Crippen molar-refractivity contribution in [1.29, 1.82) is 0 Å². The summed E-state index contributed by atoms with van der Waals surface area (Å²) in [4.78, 5) is 12.1. The fraction of sp³-hybridized carbons (Fsp3) is 0.133. The predicted molar refractivity (Wildman–Crippen MR) is 80.9 cm³/mol. The highest BCUT2D eigenvalue weighted by atomic mass is 79.9. The standard InChI is InChI=1S/C15H15BrN2O/c1-10(11-5-7-13(16)8-6-11)18-15(19)12-3-2-4-14(17)9-12/h2-10H,17H2,1H3,(H,18,19)/t10-/m0/s1. The normalized spacial score (nSPS) is 11.9. The smallest absolute Gasteiger partial charge is 0.251 e. The molecule has 0 bridgehead atoms. The number of nitrogens with two attached hydrogens (primary N) is 1. The molecule has 0 unspecified atom stereocenters. The van der Waals surface area contributed by atoms with E-state index in [4.69, 9.17) is 5.73 Å². The Balaban J connectivity index is 2.08. The first kappa shape index (κ1) is 13.6. The van der Waals surface area contributed by atoms with E-state index in [0.29, 0.717) is 11.3 Å². The third-order valence-electron chi connectivity index (χ3n) is 2.87. The first-order valence-corrected chi connectivity index (χ1v) is 6.77. The number of anilines is 1. The van der Waals surface area contributed by atoms with Crippen molar-refractivity contribution in [3.63, 3.8) is 0 Å². The lowest BCUT2D eigenvalue weighted by Crippen LogP contribution is -2.26. The van der Waals surface area contributed by atoms with Crippen molar-refractivity contribution in [3.05, 3.63) is 64.1 Å². The summed E-state index contributed by atoms with van der Waals surface area (Å²) < 4.78 is 1.02. The fourth-order valence-corrected chi connectivity index (χ4v) is 2.06. The molecule has 2 rings (SSSR count). The van der Waals surface area contributed by atoms with Gasteiger partial charge in [-0.25, -0.2) is 0 Å². The van der Waals surface area contributed by atoms with Crippen LogP contribution in [0.25, 0.3) is 0 Å². The third kappa shape index (κ3) is 3.58. The molecule has 0 heterocycles. The maximum absolute atomic E-state index is 12.1. The maximum Gasteiger partial charge on any atom is 0.251 e. The van der Waals surface area contributed by atoms with E-state index >= 15 is 0 Å². The van der Waals surface area contributed by atoms with Gasteiger partial charge in [0.15, 0.2) is 0 Å². The van der Waals surface area contributed by atoms with Gasteiger partial charge in [0.05, 0.1) is 6.04 Å². The van der Waals surface area contributed by atoms with Gasteiger partial charge in [-0.3, -0.25) is 4.79 Å². The Morgan fingerprint density at radius 1 is 1.21 bits per heavy atom. The van der Waals surface area contributed by atoms with Crippen molar-refractivity contribution in [2.75, 3.05) is 5.73 Å². The van der Waals surface area contributed by atoms with Crippen LogP contribution in [0.3, 0.4) is 0 Å². The molecule has 0 aliphatic carbocycles. The molecule has 0 fully saturated rings. The lowest BCUT2D eigenvalue weighted by molar-refractivity contribution is 0.0940. The lowest BCUT2D eigenvalue weighted by Gasteiger charge is -2.14. The molecule has 2 aromatic rings. The van der Waals surface area contributed by atoms with Crippen molar-refractivity contribution in [3.8, 4) is 0 Å². The second-order valence-electron chi connectivity index (χ2n) is 4.37. The second kappa shape index (κ2) is 5.89. The third-order valence-corrected chi connectivity index (χ3v) is 3.40. The highest BCUT2D eigenvalue weighted by Crippen LogP contribution is 2.17. The van der Waals surface area contributed by atoms with Crippen LogP contribution >= 0.6 is 15.9 Å². The Morgan fingerprint density at radius 2 is 1.89 bits per heavy atom. The van der Waals surface area contributed by atoms with Crippen molar-refractivity contribution in [2.24, 2.45) is 0 Å². The van der Waals surface area contributed by atoms with Crippen LogP contribution in [-0.2, 0) is 0 Å². The van der Waals surface area contributed by atoms with Crippen molar-refractivity contribution >= 4 is 27.5 Å². The summed E-state index contributed by atoms with van der Waals surface area (Å²) >= 11 is 3.39. The van der Waals surface area contributed by atoms with Gasteiger partial charge < -0.3 is 11.1 Å². The Hall–Kier alpha value is -1.81. The fourth-order valence-electron chi connectivity index (χ4n) is 1.79. The van der Waals surface area contributed by atoms with Crippen LogP contribution in [0.4, 0.5) is 5.69 Å². The van der Waals surface area contributed by atoms with Crippen LogP contribution in [0.1, 0.15) is 28.9 Å². The number of nitrogen functional groups attached to an aromatic ring is 1. The summed E-state index contributed by atoms with van der Waals surface area (Å²) in [6.45, 7) is 1.95. The molecule has 19 heavy (non-hydrogen) atoms. The molecule has 3 N–H and O–H groups in total. The molecule has 0 spiro atoms. The number of amides is 1. The second-order valence-corrected chi connectivity index (χ2v) is 5.29. The van der Waals surface area contributed by atoms with Gasteiger partial charge in [0.25, 0.3) is 5.91 Å². The number of nitrogens with one attached hydrogen (secondary N) is 1. The SMILES string of the molecule is C[C@H](NC(=O)c1cccc(N)c1)c1ccc(Br)cc1. The van der Waals surface area contributed by atoms with E-state index < -0.39 is 0 Å². The number of carbonyl (C=O) groups excluding carboxylic acids is 1. The van der Waals surface area contributed by atoms with Gasteiger partial charge in [-0.1, -0.05) is 34.1 Å². The van der Waals surface area contributed by atoms with E-state index in [1.54, 1.807) is 24.3 Å². The van der Waals surface area contributed by atoms with Crippen molar-refractivity contribution in [1.82, 2.24) is 5.32 Å². The Bertz CT molecular complexity index is 581. The minimum atomic E-state index is -0.122. The molecular formula is C15H15BrN2O. The minimum absolute atomic E-state index is 0.0537. The molecule has 1 atom stereocenters. The molecule has 4 heteroatoms. The summed E-state index contributed by atoms with van der Waals surface area (Å²) in [6, 6.07) is 14.8. The zero-order valence-corrected chi connectivity index (χ0v) is 12.1. The average Bonchev–Trinajstić information content (AvgIpc) is 2.39. The molecule has 3 nitrogen and oxygen atoms in total. The van der Waals surface area contributed by atoms with E-state index in [2.05, 4.69) is 21.2 Å². The Labute approximate surface area is 121 Å². The molecule has 0 aliphatic rings. The molecular weight excluding hydrogens is 304 g/mol. The molecule has 1 amide bonds. The largest absolute Gasteiger partial charge is 0.399 e. The summed E-state index contributed by atoms with van der Waals surface area (Å²) in [7, 11) is 0. The Morgan fingerprint density at radius 3 is 2.53 bits per heavy atom. The first-order valence-electron chi connectivity index (χ1n) is 5.98. The zero-order valence-electron chi connectivity index (χ0n) is 10.6. The predicted octanol–water partition coefficient (Wildman–Crippen LogP) is 3.52. The quantitative estimate of drug-likeness (QED) is 0.851. The summed E-state index contributed by atoms with van der Waals surface area (Å²) in [5.41, 5.74) is 7.89. The number of carbonyl (C=O) groups is 1. The molecule has 0 aromatic heterocycles. The molecule has 0 aliphatic heterocycles. The summed E-state index contributed by atoms with van der Waals surface area (Å²) in [5, 5.41) is 2.95. The highest BCUT2D eigenvalue weighted by Gasteiger charge is 2.11. The van der Waals surface area contributed by atoms with Crippen LogP contribution in [0.15, 0.2) is 53.0 Å². The van der Waals surface area contributed by atoms with Crippen LogP contribution < -0.4 is 11.1 Å². The van der Waals surface area contributed by atoms with Crippen LogP contribution in [0, 0.1) is 0 Å². The number of hydrogen-bond donors (Lipinski definition) is 2. The van der Waals surface area contributed by atoms with E-state index in [-0.39, 0.29) is 11.9 Å².